The van der Waals surface area contributed by atoms with Gasteiger partial charge >= 0.3 is 12.4 Å². The number of benzene rings is 1. The summed E-state index contributed by atoms with van der Waals surface area (Å²) in [6, 6.07) is 5.22. The Labute approximate surface area is 88.5 Å². The molecule has 0 aliphatic heterocycles. The first-order chi connectivity index (χ1) is 7.50. The van der Waals surface area contributed by atoms with E-state index in [0.29, 0.717) is 0 Å². The van der Waals surface area contributed by atoms with Crippen molar-refractivity contribution in [1.29, 1.82) is 0 Å². The highest BCUT2D eigenvalue weighted by Gasteiger charge is 2.15. The summed E-state index contributed by atoms with van der Waals surface area (Å²) >= 11 is 0. The predicted molar refractivity (Wildman–Crippen MR) is 50.7 cm³/mol. The number of nitrogens with zero attached hydrogens (tertiary/aromatic N) is 4. The minimum Gasteiger partial charge on any atom is -0.595 e. The molecule has 0 aliphatic carbocycles. The smallest absolute Gasteiger partial charge is 0.422 e. The Bertz CT molecular complexity index is 458. The molecule has 0 atom stereocenters. The van der Waals surface area contributed by atoms with Crippen LogP contribution < -0.4 is 0 Å². The Kier molecular flexibility index (Phi) is 3.43. The zero-order chi connectivity index (χ0) is 12.1. The van der Waals surface area contributed by atoms with Gasteiger partial charge in [0, 0.05) is 11.2 Å². The van der Waals surface area contributed by atoms with Gasteiger partial charge < -0.3 is 5.21 Å². The van der Waals surface area contributed by atoms with E-state index in [0.717, 1.165) is 6.07 Å². The second kappa shape index (κ2) is 4.77. The molecule has 0 bridgehead atoms. The fraction of sp³-hybridized carbons (Fsp3) is 0.143. The monoisotopic (exact) mass is 226 g/mol. The van der Waals surface area contributed by atoms with Crippen LogP contribution in [0.2, 0.25) is 0 Å². The fourth-order valence-electron chi connectivity index (χ4n) is 0.954. The van der Waals surface area contributed by atoms with Crippen molar-refractivity contribution in [2.45, 2.75) is 0 Å². The molecule has 0 radical (unpaired) electrons. The van der Waals surface area contributed by atoms with Crippen molar-refractivity contribution in [3.63, 3.8) is 0 Å². The lowest BCUT2D eigenvalue weighted by atomic mass is 10.3. The summed E-state index contributed by atoms with van der Waals surface area (Å²) in [5.41, 5.74) is -0.601. The maximum Gasteiger partial charge on any atom is 0.422 e. The van der Waals surface area contributed by atoms with E-state index in [1.54, 1.807) is 0 Å². The third-order valence-electron chi connectivity index (χ3n) is 1.53. The van der Waals surface area contributed by atoms with Gasteiger partial charge in [0.2, 0.25) is 5.69 Å². The molecule has 0 aliphatic rings. The van der Waals surface area contributed by atoms with E-state index in [4.69, 9.17) is 0 Å². The molecule has 0 saturated heterocycles. The van der Waals surface area contributed by atoms with Crippen LogP contribution in [0.5, 0.6) is 0 Å². The second-order valence-corrected chi connectivity index (χ2v) is 2.67. The molecular formula is C7H6N4O5. The van der Waals surface area contributed by atoms with E-state index < -0.39 is 16.5 Å². The number of azo groups is 1. The molecule has 0 unspecified atom stereocenters. The van der Waals surface area contributed by atoms with Gasteiger partial charge in [-0.1, -0.05) is 12.1 Å². The average molecular weight is 226 g/mol. The van der Waals surface area contributed by atoms with Crippen LogP contribution in [-0.2, 0) is 0 Å². The number of hydroxylamine groups is 1. The number of nitro benzene ring substituents is 1. The molecule has 9 nitrogen and oxygen atoms in total. The highest BCUT2D eigenvalue weighted by molar-refractivity contribution is 5.55. The second-order valence-electron chi connectivity index (χ2n) is 2.67. The lowest BCUT2D eigenvalue weighted by Crippen LogP contribution is -2.11. The molecule has 1 aromatic carbocycles. The maximum absolute atomic E-state index is 10.9. The fourth-order valence-corrected chi connectivity index (χ4v) is 0.954. The van der Waals surface area contributed by atoms with E-state index >= 15 is 0 Å². The predicted octanol–water partition coefficient (Wildman–Crippen LogP) is 1.42. The molecule has 0 fully saturated rings. The topological polar surface area (TPSA) is 125 Å². The zero-order valence-corrected chi connectivity index (χ0v) is 7.85. The van der Waals surface area contributed by atoms with Gasteiger partial charge in [0.05, 0.1) is 9.85 Å². The maximum atomic E-state index is 10.9. The van der Waals surface area contributed by atoms with Gasteiger partial charge in [-0.3, -0.25) is 20.2 Å². The molecular weight excluding hydrogens is 220 g/mol. The van der Waals surface area contributed by atoms with Crippen molar-refractivity contribution in [2.75, 3.05) is 6.67 Å². The standard InChI is InChI=1S/C7H6N4O5/c12-9(5-10(13)14)8-6-3-1-2-4-7(6)11(15)16/h1-4H,5H2. The van der Waals surface area contributed by atoms with Crippen molar-refractivity contribution >= 4 is 11.4 Å². The summed E-state index contributed by atoms with van der Waals surface area (Å²) in [7, 11) is 0. The Hall–Kier alpha value is -2.58. The van der Waals surface area contributed by atoms with E-state index in [1.807, 2.05) is 0 Å². The van der Waals surface area contributed by atoms with Crippen LogP contribution in [0.25, 0.3) is 0 Å². The largest absolute Gasteiger partial charge is 0.595 e. The Morgan fingerprint density at radius 3 is 2.31 bits per heavy atom. The first-order valence-corrected chi connectivity index (χ1v) is 4.02. The first-order valence-electron chi connectivity index (χ1n) is 4.02. The number of rotatable bonds is 4. The quantitative estimate of drug-likeness (QED) is 0.252. The molecule has 0 aromatic heterocycles. The summed E-state index contributed by atoms with van der Waals surface area (Å²) in [5.74, 6) is 0. The number of hydrogen-bond acceptors (Lipinski definition) is 6. The van der Waals surface area contributed by atoms with Crippen LogP contribution in [0.4, 0.5) is 11.4 Å². The van der Waals surface area contributed by atoms with E-state index in [9.17, 15) is 25.4 Å². The summed E-state index contributed by atoms with van der Waals surface area (Å²) in [6.45, 7) is -1.06. The Morgan fingerprint density at radius 1 is 1.12 bits per heavy atom. The van der Waals surface area contributed by atoms with Gasteiger partial charge in [-0.25, -0.2) is 0 Å². The molecule has 1 aromatic rings. The lowest BCUT2D eigenvalue weighted by molar-refractivity contribution is -0.710. The van der Waals surface area contributed by atoms with E-state index in [1.165, 1.54) is 18.2 Å². The number of nitro groups is 2. The highest BCUT2D eigenvalue weighted by Crippen LogP contribution is 2.26. The summed E-state index contributed by atoms with van der Waals surface area (Å²) in [4.78, 5) is 18.7. The van der Waals surface area contributed by atoms with E-state index in [2.05, 4.69) is 5.11 Å². The van der Waals surface area contributed by atoms with Gasteiger partial charge in [-0.05, 0) is 10.9 Å². The van der Waals surface area contributed by atoms with Crippen LogP contribution in [-0.4, -0.2) is 21.4 Å². The third kappa shape index (κ3) is 2.97. The van der Waals surface area contributed by atoms with Gasteiger partial charge in [0.1, 0.15) is 0 Å². The number of para-hydroxylation sites is 1. The Balaban J connectivity index is 3.04. The van der Waals surface area contributed by atoms with Crippen LogP contribution in [0.1, 0.15) is 0 Å². The molecule has 9 heteroatoms. The molecule has 16 heavy (non-hydrogen) atoms. The first kappa shape index (κ1) is 11.5. The Morgan fingerprint density at radius 2 is 1.75 bits per heavy atom. The van der Waals surface area contributed by atoms with Crippen molar-refractivity contribution in [3.05, 3.63) is 49.7 Å². The van der Waals surface area contributed by atoms with Crippen molar-refractivity contribution in [1.82, 2.24) is 0 Å². The summed E-state index contributed by atoms with van der Waals surface area (Å²) < 4.78 is 0. The molecule has 0 N–H and O–H groups in total. The highest BCUT2D eigenvalue weighted by atomic mass is 16.6. The van der Waals surface area contributed by atoms with Gasteiger partial charge in [-0.2, -0.15) is 0 Å². The van der Waals surface area contributed by atoms with Crippen molar-refractivity contribution < 1.29 is 14.7 Å². The molecule has 0 spiro atoms. The van der Waals surface area contributed by atoms with Crippen LogP contribution in [0.15, 0.2) is 29.4 Å². The normalized spacial score (nSPS) is 11.1. The average Bonchev–Trinajstić information content (AvgIpc) is 2.16. The molecule has 84 valence electrons. The molecule has 0 heterocycles. The van der Waals surface area contributed by atoms with Crippen LogP contribution in [0, 0.1) is 25.4 Å². The van der Waals surface area contributed by atoms with Gasteiger partial charge in [0.25, 0.3) is 0 Å². The minimum absolute atomic E-state index is 0.218. The third-order valence-corrected chi connectivity index (χ3v) is 1.53. The van der Waals surface area contributed by atoms with Crippen LogP contribution >= 0.6 is 0 Å². The lowest BCUT2D eigenvalue weighted by Gasteiger charge is -1.96. The SMILES string of the molecule is O=[N+]([O-])C[N+]([O-])=Nc1ccccc1[N+](=O)[O-]. The molecule has 0 amide bonds. The number of hydrogen-bond donors (Lipinski definition) is 0. The van der Waals surface area contributed by atoms with Crippen LogP contribution in [0.3, 0.4) is 0 Å². The van der Waals surface area contributed by atoms with E-state index in [-0.39, 0.29) is 16.2 Å². The van der Waals surface area contributed by atoms with Gasteiger partial charge in [-0.15, -0.1) is 0 Å². The van der Waals surface area contributed by atoms with Crippen molar-refractivity contribution in [2.24, 2.45) is 5.11 Å². The zero-order valence-electron chi connectivity index (χ0n) is 7.85. The molecule has 1 rings (SSSR count). The summed E-state index contributed by atoms with van der Waals surface area (Å²) in [6.07, 6.45) is 0. The molecule has 0 saturated carbocycles. The summed E-state index contributed by atoms with van der Waals surface area (Å²) in [5, 5.41) is 34.6. The minimum atomic E-state index is -1.06. The van der Waals surface area contributed by atoms with Gasteiger partial charge in [0.15, 0.2) is 0 Å². The van der Waals surface area contributed by atoms with Crippen molar-refractivity contribution in [3.8, 4) is 0 Å².